The number of piperazine rings is 1. The van der Waals surface area contributed by atoms with E-state index in [1.807, 2.05) is 0 Å². The second kappa shape index (κ2) is 8.06. The van der Waals surface area contributed by atoms with Crippen LogP contribution < -0.4 is 5.73 Å². The minimum absolute atomic E-state index is 0.574. The van der Waals surface area contributed by atoms with Gasteiger partial charge in [0, 0.05) is 38.8 Å². The van der Waals surface area contributed by atoms with Crippen molar-refractivity contribution in [3.05, 3.63) is 0 Å². The Kier molecular flexibility index (Phi) is 7.09. The van der Waals surface area contributed by atoms with Crippen LogP contribution in [0.2, 0.25) is 0 Å². The first-order valence-corrected chi connectivity index (χ1v) is 7.33. The zero-order valence-corrected chi connectivity index (χ0v) is 12.0. The summed E-state index contributed by atoms with van der Waals surface area (Å²) in [6.07, 6.45) is 5.39. The van der Waals surface area contributed by atoms with Gasteiger partial charge in [-0.2, -0.15) is 0 Å². The number of hydrogen-bond acceptors (Lipinski definition) is 3. The minimum Gasteiger partial charge on any atom is -0.329 e. The van der Waals surface area contributed by atoms with Crippen molar-refractivity contribution in [3.8, 4) is 0 Å². The number of rotatable bonds is 7. The van der Waals surface area contributed by atoms with Crippen molar-refractivity contribution in [2.45, 2.75) is 45.6 Å². The van der Waals surface area contributed by atoms with Crippen LogP contribution in [0.15, 0.2) is 0 Å². The van der Waals surface area contributed by atoms with Crippen molar-refractivity contribution in [1.29, 1.82) is 0 Å². The Morgan fingerprint density at radius 2 is 2.06 bits per heavy atom. The number of nitrogens with zero attached hydrogens (tertiary/aromatic N) is 2. The van der Waals surface area contributed by atoms with Crippen LogP contribution in [0.1, 0.15) is 39.5 Å². The van der Waals surface area contributed by atoms with Crippen LogP contribution in [-0.4, -0.2) is 55.6 Å². The summed E-state index contributed by atoms with van der Waals surface area (Å²) in [6.45, 7) is 10.2. The normalized spacial score (nSPS) is 25.1. The van der Waals surface area contributed by atoms with E-state index in [0.717, 1.165) is 19.0 Å². The SMILES string of the molecule is CCCCC(CC)CN1CCN(C)CC1CN. The van der Waals surface area contributed by atoms with Gasteiger partial charge in [0.25, 0.3) is 0 Å². The highest BCUT2D eigenvalue weighted by Crippen LogP contribution is 2.17. The maximum atomic E-state index is 5.90. The van der Waals surface area contributed by atoms with E-state index in [0.29, 0.717) is 6.04 Å². The summed E-state index contributed by atoms with van der Waals surface area (Å²) in [5.74, 6) is 0.868. The fourth-order valence-corrected chi connectivity index (χ4v) is 2.76. The number of unbranched alkanes of at least 4 members (excludes halogenated alkanes) is 1. The lowest BCUT2D eigenvalue weighted by atomic mass is 9.97. The summed E-state index contributed by atoms with van der Waals surface area (Å²) in [6, 6.07) is 0.574. The van der Waals surface area contributed by atoms with Crippen LogP contribution in [-0.2, 0) is 0 Å². The molecule has 3 nitrogen and oxygen atoms in total. The average Bonchev–Trinajstić information content (AvgIpc) is 2.35. The van der Waals surface area contributed by atoms with E-state index in [1.165, 1.54) is 45.3 Å². The van der Waals surface area contributed by atoms with E-state index < -0.39 is 0 Å². The molecule has 1 fully saturated rings. The third kappa shape index (κ3) is 4.94. The van der Waals surface area contributed by atoms with Gasteiger partial charge in [-0.05, 0) is 19.4 Å². The van der Waals surface area contributed by atoms with E-state index in [-0.39, 0.29) is 0 Å². The van der Waals surface area contributed by atoms with Gasteiger partial charge in [-0.15, -0.1) is 0 Å². The quantitative estimate of drug-likeness (QED) is 0.737. The molecule has 17 heavy (non-hydrogen) atoms. The van der Waals surface area contributed by atoms with E-state index in [4.69, 9.17) is 5.73 Å². The maximum Gasteiger partial charge on any atom is 0.0346 e. The Labute approximate surface area is 107 Å². The molecule has 0 aromatic carbocycles. The van der Waals surface area contributed by atoms with Crippen molar-refractivity contribution in [1.82, 2.24) is 9.80 Å². The van der Waals surface area contributed by atoms with Gasteiger partial charge < -0.3 is 10.6 Å². The monoisotopic (exact) mass is 241 g/mol. The first-order valence-electron chi connectivity index (χ1n) is 7.33. The van der Waals surface area contributed by atoms with Crippen molar-refractivity contribution in [2.24, 2.45) is 11.7 Å². The molecule has 1 saturated heterocycles. The standard InChI is InChI=1S/C14H31N3/c1-4-6-7-13(5-2)11-17-9-8-16(3)12-14(17)10-15/h13-14H,4-12,15H2,1-3H3. The smallest absolute Gasteiger partial charge is 0.0346 e. The molecule has 3 heteroatoms. The van der Waals surface area contributed by atoms with E-state index in [2.05, 4.69) is 30.7 Å². The first kappa shape index (κ1) is 14.9. The Hall–Kier alpha value is -0.120. The maximum absolute atomic E-state index is 5.90. The molecule has 1 aliphatic heterocycles. The third-order valence-corrected chi connectivity index (χ3v) is 4.12. The van der Waals surface area contributed by atoms with Crippen molar-refractivity contribution in [3.63, 3.8) is 0 Å². The van der Waals surface area contributed by atoms with Crippen molar-refractivity contribution in [2.75, 3.05) is 39.8 Å². The molecule has 2 N–H and O–H groups in total. The summed E-state index contributed by atoms with van der Waals surface area (Å²) in [7, 11) is 2.20. The molecule has 0 bridgehead atoms. The summed E-state index contributed by atoms with van der Waals surface area (Å²) in [4.78, 5) is 5.03. The lowest BCUT2D eigenvalue weighted by Crippen LogP contribution is -2.55. The molecule has 2 unspecified atom stereocenters. The number of nitrogens with two attached hydrogens (primary N) is 1. The lowest BCUT2D eigenvalue weighted by molar-refractivity contribution is 0.0770. The van der Waals surface area contributed by atoms with Crippen LogP contribution in [0.4, 0.5) is 0 Å². The van der Waals surface area contributed by atoms with Crippen molar-refractivity contribution >= 4 is 0 Å². The predicted molar refractivity (Wildman–Crippen MR) is 75.2 cm³/mol. The summed E-state index contributed by atoms with van der Waals surface area (Å²) < 4.78 is 0. The predicted octanol–water partition coefficient (Wildman–Crippen LogP) is 1.78. The topological polar surface area (TPSA) is 32.5 Å². The van der Waals surface area contributed by atoms with E-state index >= 15 is 0 Å². The largest absolute Gasteiger partial charge is 0.329 e. The fraction of sp³-hybridized carbons (Fsp3) is 1.00. The average molecular weight is 241 g/mol. The van der Waals surface area contributed by atoms with Crippen molar-refractivity contribution < 1.29 is 0 Å². The summed E-state index contributed by atoms with van der Waals surface area (Å²) in [5, 5.41) is 0. The molecule has 0 saturated carbocycles. The van der Waals surface area contributed by atoms with Crippen LogP contribution in [0.3, 0.4) is 0 Å². The molecular formula is C14H31N3. The molecule has 2 atom stereocenters. The van der Waals surface area contributed by atoms with E-state index in [1.54, 1.807) is 0 Å². The Balaban J connectivity index is 2.41. The zero-order valence-electron chi connectivity index (χ0n) is 12.0. The second-order valence-corrected chi connectivity index (χ2v) is 5.56. The van der Waals surface area contributed by atoms with Crippen LogP contribution in [0.5, 0.6) is 0 Å². The first-order chi connectivity index (χ1) is 8.21. The summed E-state index contributed by atoms with van der Waals surface area (Å²) >= 11 is 0. The van der Waals surface area contributed by atoms with Gasteiger partial charge in [-0.1, -0.05) is 33.1 Å². The van der Waals surface area contributed by atoms with Crippen LogP contribution in [0, 0.1) is 5.92 Å². The van der Waals surface area contributed by atoms with Gasteiger partial charge in [-0.25, -0.2) is 0 Å². The highest BCUT2D eigenvalue weighted by atomic mass is 15.3. The van der Waals surface area contributed by atoms with E-state index in [9.17, 15) is 0 Å². The van der Waals surface area contributed by atoms with Gasteiger partial charge >= 0.3 is 0 Å². The Morgan fingerprint density at radius 3 is 2.65 bits per heavy atom. The molecule has 102 valence electrons. The Morgan fingerprint density at radius 1 is 1.29 bits per heavy atom. The lowest BCUT2D eigenvalue weighted by Gasteiger charge is -2.41. The van der Waals surface area contributed by atoms with Crippen LogP contribution >= 0.6 is 0 Å². The van der Waals surface area contributed by atoms with Gasteiger partial charge in [0.15, 0.2) is 0 Å². The highest BCUT2D eigenvalue weighted by molar-refractivity contribution is 4.82. The minimum atomic E-state index is 0.574. The molecular weight excluding hydrogens is 210 g/mol. The summed E-state index contributed by atoms with van der Waals surface area (Å²) in [5.41, 5.74) is 5.90. The molecule has 0 radical (unpaired) electrons. The highest BCUT2D eigenvalue weighted by Gasteiger charge is 2.25. The molecule has 1 aliphatic rings. The molecule has 0 aromatic heterocycles. The number of hydrogen-bond donors (Lipinski definition) is 1. The van der Waals surface area contributed by atoms with Gasteiger partial charge in [0.1, 0.15) is 0 Å². The third-order valence-electron chi connectivity index (χ3n) is 4.12. The zero-order chi connectivity index (χ0) is 12.7. The fourth-order valence-electron chi connectivity index (χ4n) is 2.76. The van der Waals surface area contributed by atoms with Gasteiger partial charge in [0.2, 0.25) is 0 Å². The molecule has 0 amide bonds. The molecule has 0 spiro atoms. The molecule has 0 aliphatic carbocycles. The Bertz CT molecular complexity index is 196. The number of likely N-dealkylation sites (N-methyl/N-ethyl adjacent to an activating group) is 1. The molecule has 0 aromatic rings. The molecule has 1 heterocycles. The second-order valence-electron chi connectivity index (χ2n) is 5.56. The van der Waals surface area contributed by atoms with Gasteiger partial charge in [-0.3, -0.25) is 4.90 Å². The van der Waals surface area contributed by atoms with Crippen LogP contribution in [0.25, 0.3) is 0 Å². The van der Waals surface area contributed by atoms with Gasteiger partial charge in [0.05, 0.1) is 0 Å². The molecule has 1 rings (SSSR count).